The molecular formula is C25H20N4O3. The molecule has 0 aliphatic carbocycles. The highest BCUT2D eigenvalue weighted by Gasteiger charge is 2.35. The molecule has 3 aromatic carbocycles. The lowest BCUT2D eigenvalue weighted by atomic mass is 10.1. The van der Waals surface area contributed by atoms with Crippen LogP contribution < -0.4 is 21.0 Å². The second-order valence-electron chi connectivity index (χ2n) is 7.96. The Labute approximate surface area is 182 Å². The zero-order valence-electron chi connectivity index (χ0n) is 17.6. The minimum absolute atomic E-state index is 0.338. The molecule has 1 aliphatic heterocycles. The van der Waals surface area contributed by atoms with Gasteiger partial charge in [0, 0.05) is 30.6 Å². The summed E-state index contributed by atoms with van der Waals surface area (Å²) in [5, 5.41) is 2.01. The molecule has 0 saturated carbocycles. The largest absolute Gasteiger partial charge is 0.454 e. The molecule has 0 N–H and O–H groups in total. The number of hydrogen-bond acceptors (Lipinski definition) is 5. The molecule has 7 nitrogen and oxygen atoms in total. The Hall–Kier alpha value is -4.26. The van der Waals surface area contributed by atoms with Crippen molar-refractivity contribution in [2.45, 2.75) is 0 Å². The van der Waals surface area contributed by atoms with Crippen molar-refractivity contribution in [3.05, 3.63) is 93.6 Å². The minimum Gasteiger partial charge on any atom is -0.454 e. The standard InChI is InChI=1S/C25H20N4O3/c1-26-23-21(24(30)27(2)25(26)31)29(15-28(23)16-9-4-3-5-10-16)19-13-8-12-18-17-11-6-7-14-20(17)32-22(18)19/h3-14H,15H2,1-2H3. The van der Waals surface area contributed by atoms with Gasteiger partial charge in [-0.3, -0.25) is 13.9 Å². The van der Waals surface area contributed by atoms with Crippen LogP contribution in [0.4, 0.5) is 22.9 Å². The fourth-order valence-electron chi connectivity index (χ4n) is 4.59. The van der Waals surface area contributed by atoms with Crippen LogP contribution in [0.2, 0.25) is 0 Å². The minimum atomic E-state index is -0.363. The van der Waals surface area contributed by atoms with E-state index in [1.165, 1.54) is 11.6 Å². The van der Waals surface area contributed by atoms with E-state index in [1.54, 1.807) is 7.05 Å². The zero-order chi connectivity index (χ0) is 22.0. The highest BCUT2D eigenvalue weighted by atomic mass is 16.3. The van der Waals surface area contributed by atoms with Crippen molar-refractivity contribution in [3.63, 3.8) is 0 Å². The third-order valence-electron chi connectivity index (χ3n) is 6.16. The Kier molecular flexibility index (Phi) is 3.83. The van der Waals surface area contributed by atoms with Crippen LogP contribution in [0.25, 0.3) is 21.9 Å². The van der Waals surface area contributed by atoms with Gasteiger partial charge in [-0.15, -0.1) is 0 Å². The zero-order valence-corrected chi connectivity index (χ0v) is 17.6. The van der Waals surface area contributed by atoms with Gasteiger partial charge in [-0.25, -0.2) is 4.79 Å². The van der Waals surface area contributed by atoms with Crippen molar-refractivity contribution in [1.82, 2.24) is 9.13 Å². The third kappa shape index (κ3) is 2.42. The Morgan fingerprint density at radius 1 is 0.750 bits per heavy atom. The molecule has 0 bridgehead atoms. The fourth-order valence-corrected chi connectivity index (χ4v) is 4.59. The molecule has 32 heavy (non-hydrogen) atoms. The van der Waals surface area contributed by atoms with Gasteiger partial charge in [0.25, 0.3) is 5.56 Å². The molecule has 0 saturated heterocycles. The van der Waals surface area contributed by atoms with Gasteiger partial charge in [-0.1, -0.05) is 48.5 Å². The fraction of sp³-hybridized carbons (Fsp3) is 0.120. The van der Waals surface area contributed by atoms with Crippen molar-refractivity contribution in [1.29, 1.82) is 0 Å². The average Bonchev–Trinajstić information content (AvgIpc) is 3.41. The van der Waals surface area contributed by atoms with E-state index in [4.69, 9.17) is 4.42 Å². The summed E-state index contributed by atoms with van der Waals surface area (Å²) < 4.78 is 8.92. The predicted octanol–water partition coefficient (Wildman–Crippen LogP) is 4.23. The molecule has 158 valence electrons. The number of furan rings is 1. The lowest BCUT2D eigenvalue weighted by molar-refractivity contribution is 0.667. The highest BCUT2D eigenvalue weighted by molar-refractivity contribution is 6.10. The summed E-state index contributed by atoms with van der Waals surface area (Å²) >= 11 is 0. The average molecular weight is 424 g/mol. The number of para-hydroxylation sites is 3. The highest BCUT2D eigenvalue weighted by Crippen LogP contribution is 2.44. The van der Waals surface area contributed by atoms with Crippen molar-refractivity contribution in [2.75, 3.05) is 16.5 Å². The number of aromatic nitrogens is 2. The van der Waals surface area contributed by atoms with Crippen molar-refractivity contribution in [3.8, 4) is 0 Å². The second-order valence-corrected chi connectivity index (χ2v) is 7.96. The second kappa shape index (κ2) is 6.62. The molecule has 0 fully saturated rings. The van der Waals surface area contributed by atoms with Gasteiger partial charge in [0.2, 0.25) is 0 Å². The summed E-state index contributed by atoms with van der Waals surface area (Å²) in [6, 6.07) is 23.6. The van der Waals surface area contributed by atoms with Gasteiger partial charge < -0.3 is 14.2 Å². The maximum Gasteiger partial charge on any atom is 0.332 e. The van der Waals surface area contributed by atoms with Crippen LogP contribution in [0.3, 0.4) is 0 Å². The molecule has 7 heteroatoms. The first-order valence-electron chi connectivity index (χ1n) is 10.4. The first-order valence-corrected chi connectivity index (χ1v) is 10.4. The number of nitrogens with zero attached hydrogens (tertiary/aromatic N) is 4. The van der Waals surface area contributed by atoms with E-state index in [0.717, 1.165) is 32.3 Å². The van der Waals surface area contributed by atoms with Gasteiger partial charge in [0.05, 0.1) is 5.69 Å². The predicted molar refractivity (Wildman–Crippen MR) is 126 cm³/mol. The molecule has 5 aromatic rings. The van der Waals surface area contributed by atoms with Crippen LogP contribution in [-0.2, 0) is 14.1 Å². The van der Waals surface area contributed by atoms with Crippen LogP contribution >= 0.6 is 0 Å². The van der Waals surface area contributed by atoms with E-state index < -0.39 is 0 Å². The summed E-state index contributed by atoms with van der Waals surface area (Å²) in [4.78, 5) is 30.0. The number of anilines is 4. The topological polar surface area (TPSA) is 63.6 Å². The normalized spacial score (nSPS) is 13.3. The van der Waals surface area contributed by atoms with E-state index in [2.05, 4.69) is 0 Å². The molecular weight excluding hydrogens is 404 g/mol. The SMILES string of the molecule is Cn1c2c(c(=O)n(C)c1=O)N(c1cccc3c1oc1ccccc13)CN2c1ccccc1. The maximum absolute atomic E-state index is 13.4. The van der Waals surface area contributed by atoms with Crippen molar-refractivity contribution < 1.29 is 4.42 Å². The molecule has 0 spiro atoms. The van der Waals surface area contributed by atoms with Gasteiger partial charge in [0.15, 0.2) is 11.3 Å². The van der Waals surface area contributed by atoms with Crippen molar-refractivity contribution >= 4 is 44.8 Å². The van der Waals surface area contributed by atoms with E-state index in [9.17, 15) is 9.59 Å². The van der Waals surface area contributed by atoms with E-state index in [-0.39, 0.29) is 11.2 Å². The molecule has 2 aromatic heterocycles. The molecule has 3 heterocycles. The summed E-state index contributed by atoms with van der Waals surface area (Å²) in [7, 11) is 3.21. The third-order valence-corrected chi connectivity index (χ3v) is 6.16. The molecule has 0 atom stereocenters. The maximum atomic E-state index is 13.4. The molecule has 6 rings (SSSR count). The Balaban J connectivity index is 1.66. The van der Waals surface area contributed by atoms with Crippen LogP contribution in [0, 0.1) is 0 Å². The monoisotopic (exact) mass is 424 g/mol. The molecule has 0 radical (unpaired) electrons. The van der Waals surface area contributed by atoms with Gasteiger partial charge in [-0.05, 0) is 24.3 Å². The first-order chi connectivity index (χ1) is 15.6. The van der Waals surface area contributed by atoms with E-state index in [0.29, 0.717) is 23.8 Å². The Bertz CT molecular complexity index is 1630. The summed E-state index contributed by atoms with van der Waals surface area (Å²) in [6.45, 7) is 0.377. The lowest BCUT2D eigenvalue weighted by Crippen LogP contribution is -2.38. The van der Waals surface area contributed by atoms with E-state index in [1.807, 2.05) is 82.6 Å². The number of hydrogen-bond donors (Lipinski definition) is 0. The molecule has 0 amide bonds. The van der Waals surface area contributed by atoms with Crippen LogP contribution in [0.15, 0.2) is 86.8 Å². The van der Waals surface area contributed by atoms with Crippen LogP contribution in [0.5, 0.6) is 0 Å². The molecule has 1 aliphatic rings. The quantitative estimate of drug-likeness (QED) is 0.424. The van der Waals surface area contributed by atoms with Gasteiger partial charge in [-0.2, -0.15) is 0 Å². The van der Waals surface area contributed by atoms with Crippen LogP contribution in [0.1, 0.15) is 0 Å². The van der Waals surface area contributed by atoms with Gasteiger partial charge >= 0.3 is 5.69 Å². The number of benzene rings is 3. The lowest BCUT2D eigenvalue weighted by Gasteiger charge is -2.22. The number of rotatable bonds is 2. The Morgan fingerprint density at radius 3 is 2.28 bits per heavy atom. The smallest absolute Gasteiger partial charge is 0.332 e. The van der Waals surface area contributed by atoms with Gasteiger partial charge in [0.1, 0.15) is 18.1 Å². The number of fused-ring (bicyclic) bond motifs is 4. The summed E-state index contributed by atoms with van der Waals surface area (Å²) in [5.41, 5.74) is 2.94. The first kappa shape index (κ1) is 18.5. The summed E-state index contributed by atoms with van der Waals surface area (Å²) in [5.74, 6) is 0.567. The van der Waals surface area contributed by atoms with Crippen LogP contribution in [-0.4, -0.2) is 15.8 Å². The summed E-state index contributed by atoms with van der Waals surface area (Å²) in [6.07, 6.45) is 0. The Morgan fingerprint density at radius 2 is 1.47 bits per heavy atom. The van der Waals surface area contributed by atoms with E-state index >= 15 is 0 Å². The molecule has 0 unspecified atom stereocenters. The van der Waals surface area contributed by atoms with Crippen molar-refractivity contribution in [2.24, 2.45) is 14.1 Å².